The van der Waals surface area contributed by atoms with Crippen LogP contribution in [0.4, 0.5) is 26.3 Å². The average Bonchev–Trinajstić information content (AvgIpc) is 2.75. The lowest BCUT2D eigenvalue weighted by Gasteiger charge is -2.30. The van der Waals surface area contributed by atoms with Gasteiger partial charge in [-0.15, -0.1) is 13.2 Å². The number of halogens is 6. The standard InChI is InChI=1S/C20H18F6N2O6/c21-19(22,23)16-14(5-15(17(27)29)18(30)28-16)10-1-3-11(4-2-10)32-8-12-6-31-7-13(34-12)9-33-20(24,25)26/h1-5,12-13H,6-9H2,(H2,27,29)(H,28,30). The van der Waals surface area contributed by atoms with Crippen LogP contribution in [-0.2, 0) is 20.4 Å². The predicted molar refractivity (Wildman–Crippen MR) is 103 cm³/mol. The van der Waals surface area contributed by atoms with Gasteiger partial charge < -0.3 is 24.9 Å². The number of aromatic amines is 1. The average molecular weight is 496 g/mol. The summed E-state index contributed by atoms with van der Waals surface area (Å²) in [6.45, 7) is -0.888. The van der Waals surface area contributed by atoms with Crippen LogP contribution < -0.4 is 16.0 Å². The number of aromatic nitrogens is 1. The van der Waals surface area contributed by atoms with E-state index in [9.17, 15) is 35.9 Å². The smallest absolute Gasteiger partial charge is 0.491 e. The van der Waals surface area contributed by atoms with Gasteiger partial charge in [-0.1, -0.05) is 12.1 Å². The van der Waals surface area contributed by atoms with E-state index in [1.165, 1.54) is 24.3 Å². The first-order valence-electron chi connectivity index (χ1n) is 9.65. The van der Waals surface area contributed by atoms with E-state index in [4.69, 9.17) is 19.9 Å². The molecule has 1 aromatic heterocycles. The number of nitrogens with two attached hydrogens (primary N) is 1. The molecule has 14 heteroatoms. The maximum Gasteiger partial charge on any atom is 0.522 e. The van der Waals surface area contributed by atoms with Crippen LogP contribution in [0.15, 0.2) is 35.1 Å². The molecule has 0 spiro atoms. The van der Waals surface area contributed by atoms with E-state index in [2.05, 4.69) is 4.74 Å². The third-order valence-corrected chi connectivity index (χ3v) is 4.62. The highest BCUT2D eigenvalue weighted by atomic mass is 19.4. The van der Waals surface area contributed by atoms with Crippen LogP contribution in [0.25, 0.3) is 11.1 Å². The van der Waals surface area contributed by atoms with Gasteiger partial charge in [0.1, 0.15) is 35.8 Å². The molecule has 0 saturated carbocycles. The van der Waals surface area contributed by atoms with Crippen molar-refractivity contribution in [3.05, 3.63) is 51.9 Å². The molecule has 2 heterocycles. The normalized spacial score (nSPS) is 19.1. The van der Waals surface area contributed by atoms with E-state index >= 15 is 0 Å². The number of nitrogens with one attached hydrogen (secondary N) is 1. The summed E-state index contributed by atoms with van der Waals surface area (Å²) in [5, 5.41) is 0. The molecule has 1 aliphatic heterocycles. The third kappa shape index (κ3) is 6.71. The highest BCUT2D eigenvalue weighted by Gasteiger charge is 2.36. The van der Waals surface area contributed by atoms with Crippen LogP contribution in [0, 0.1) is 0 Å². The second-order valence-electron chi connectivity index (χ2n) is 7.17. The van der Waals surface area contributed by atoms with E-state index in [0.29, 0.717) is 0 Å². The van der Waals surface area contributed by atoms with Crippen molar-refractivity contribution in [1.29, 1.82) is 0 Å². The van der Waals surface area contributed by atoms with Gasteiger partial charge >= 0.3 is 12.5 Å². The Kier molecular flexibility index (Phi) is 7.53. The summed E-state index contributed by atoms with van der Waals surface area (Å²) in [6.07, 6.45) is -11.4. The van der Waals surface area contributed by atoms with Crippen molar-refractivity contribution in [2.75, 3.05) is 26.4 Å². The number of rotatable bonds is 7. The molecule has 1 fully saturated rings. The quantitative estimate of drug-likeness (QED) is 0.571. The summed E-state index contributed by atoms with van der Waals surface area (Å²) in [5.74, 6) is -0.973. The summed E-state index contributed by atoms with van der Waals surface area (Å²) >= 11 is 0. The van der Waals surface area contributed by atoms with Crippen molar-refractivity contribution in [2.45, 2.75) is 24.7 Å². The minimum atomic E-state index is -4.91. The van der Waals surface area contributed by atoms with E-state index in [1.54, 1.807) is 4.98 Å². The molecule has 3 N–H and O–H groups in total. The molecule has 0 aliphatic carbocycles. The van der Waals surface area contributed by atoms with Crippen LogP contribution in [0.2, 0.25) is 0 Å². The lowest BCUT2D eigenvalue weighted by atomic mass is 10.0. The van der Waals surface area contributed by atoms with E-state index in [-0.39, 0.29) is 31.1 Å². The highest BCUT2D eigenvalue weighted by molar-refractivity contribution is 5.94. The molecule has 2 aromatic rings. The number of hydrogen-bond donors (Lipinski definition) is 2. The van der Waals surface area contributed by atoms with Crippen molar-refractivity contribution in [3.8, 4) is 16.9 Å². The molecule has 2 atom stereocenters. The fraction of sp³-hybridized carbons (Fsp3) is 0.400. The van der Waals surface area contributed by atoms with Crippen LogP contribution in [0.5, 0.6) is 5.75 Å². The first-order chi connectivity index (χ1) is 15.8. The zero-order valence-electron chi connectivity index (χ0n) is 17.2. The number of amides is 1. The van der Waals surface area contributed by atoms with Crippen LogP contribution in [0.1, 0.15) is 16.1 Å². The van der Waals surface area contributed by atoms with Gasteiger partial charge in [-0.3, -0.25) is 14.3 Å². The van der Waals surface area contributed by atoms with Crippen LogP contribution in [0.3, 0.4) is 0 Å². The van der Waals surface area contributed by atoms with Gasteiger partial charge in [0.25, 0.3) is 11.5 Å². The van der Waals surface area contributed by atoms with Gasteiger partial charge in [0, 0.05) is 5.56 Å². The summed E-state index contributed by atoms with van der Waals surface area (Å²) in [6, 6.07) is 5.95. The molecule has 2 unspecified atom stereocenters. The Morgan fingerprint density at radius 3 is 2.24 bits per heavy atom. The molecule has 3 rings (SSSR count). The molecule has 34 heavy (non-hydrogen) atoms. The van der Waals surface area contributed by atoms with Crippen LogP contribution in [-0.4, -0.2) is 55.9 Å². The Morgan fingerprint density at radius 2 is 1.68 bits per heavy atom. The van der Waals surface area contributed by atoms with Gasteiger partial charge in [0.2, 0.25) is 0 Å². The number of alkyl halides is 6. The zero-order valence-corrected chi connectivity index (χ0v) is 17.2. The first-order valence-corrected chi connectivity index (χ1v) is 9.65. The van der Waals surface area contributed by atoms with Crippen molar-refractivity contribution in [1.82, 2.24) is 4.98 Å². The maximum atomic E-state index is 13.4. The fourth-order valence-electron chi connectivity index (χ4n) is 3.13. The minimum Gasteiger partial charge on any atom is -0.491 e. The number of benzene rings is 1. The predicted octanol–water partition coefficient (Wildman–Crippen LogP) is 2.86. The van der Waals surface area contributed by atoms with Crippen molar-refractivity contribution < 1.29 is 50.1 Å². The lowest BCUT2D eigenvalue weighted by Crippen LogP contribution is -2.42. The Bertz CT molecular complexity index is 1070. The molecule has 1 saturated heterocycles. The maximum absolute atomic E-state index is 13.4. The van der Waals surface area contributed by atoms with Gasteiger partial charge in [0.05, 0.1) is 19.8 Å². The summed E-state index contributed by atoms with van der Waals surface area (Å²) in [4.78, 5) is 24.8. The van der Waals surface area contributed by atoms with Crippen molar-refractivity contribution >= 4 is 5.91 Å². The van der Waals surface area contributed by atoms with E-state index < -0.39 is 59.6 Å². The second-order valence-corrected chi connectivity index (χ2v) is 7.17. The monoisotopic (exact) mass is 496 g/mol. The summed E-state index contributed by atoms with van der Waals surface area (Å²) in [5.41, 5.74) is 1.35. The topological polar surface area (TPSA) is 113 Å². The van der Waals surface area contributed by atoms with Gasteiger partial charge in [0.15, 0.2) is 0 Å². The Labute approximate surface area is 187 Å². The Balaban J connectivity index is 1.69. The molecular formula is C20H18F6N2O6. The first kappa shape index (κ1) is 25.5. The number of carbonyl (C=O) groups is 1. The molecule has 186 valence electrons. The van der Waals surface area contributed by atoms with Crippen LogP contribution >= 0.6 is 0 Å². The second kappa shape index (κ2) is 10.0. The molecule has 8 nitrogen and oxygen atoms in total. The molecule has 1 aromatic carbocycles. The molecule has 1 aliphatic rings. The third-order valence-electron chi connectivity index (χ3n) is 4.62. The van der Waals surface area contributed by atoms with Gasteiger partial charge in [-0.2, -0.15) is 13.2 Å². The molecule has 0 radical (unpaired) electrons. The molecule has 1 amide bonds. The number of hydrogen-bond acceptors (Lipinski definition) is 6. The number of primary amides is 1. The molecular weight excluding hydrogens is 478 g/mol. The number of H-pyrrole nitrogens is 1. The summed E-state index contributed by atoms with van der Waals surface area (Å²) < 4.78 is 96.5. The zero-order chi connectivity index (χ0) is 25.1. The van der Waals surface area contributed by atoms with E-state index in [1.807, 2.05) is 0 Å². The van der Waals surface area contributed by atoms with Gasteiger partial charge in [-0.05, 0) is 23.8 Å². The Hall–Kier alpha value is -3.10. The largest absolute Gasteiger partial charge is 0.522 e. The number of carbonyl (C=O) groups excluding carboxylic acids is 1. The highest BCUT2D eigenvalue weighted by Crippen LogP contribution is 2.35. The van der Waals surface area contributed by atoms with Crippen molar-refractivity contribution in [3.63, 3.8) is 0 Å². The van der Waals surface area contributed by atoms with E-state index in [0.717, 1.165) is 6.07 Å². The number of ether oxygens (including phenoxy) is 4. The SMILES string of the molecule is NC(=O)c1cc(-c2ccc(OCC3COCC(COC(F)(F)F)O3)cc2)c(C(F)(F)F)[nH]c1=O. The molecule has 0 bridgehead atoms. The lowest BCUT2D eigenvalue weighted by molar-refractivity contribution is -0.336. The summed E-state index contributed by atoms with van der Waals surface area (Å²) in [7, 11) is 0. The Morgan fingerprint density at radius 1 is 1.06 bits per heavy atom. The number of pyridine rings is 1. The fourth-order valence-corrected chi connectivity index (χ4v) is 3.13. The van der Waals surface area contributed by atoms with Gasteiger partial charge in [-0.25, -0.2) is 0 Å². The van der Waals surface area contributed by atoms with Crippen molar-refractivity contribution in [2.24, 2.45) is 5.73 Å². The minimum absolute atomic E-state index is 0.0139.